The summed E-state index contributed by atoms with van der Waals surface area (Å²) in [5.41, 5.74) is 3.58. The largest absolute Gasteiger partial charge is 1.00 e. The first kappa shape index (κ1) is 78.8. The van der Waals surface area contributed by atoms with E-state index in [1.807, 2.05) is 168 Å². The molecular weight excluding hydrogens is 1160 g/mol. The predicted molar refractivity (Wildman–Crippen MR) is 362 cm³/mol. The van der Waals surface area contributed by atoms with Crippen LogP contribution in [0.4, 0.5) is 0 Å². The topological polar surface area (TPSA) is 119 Å². The number of thioether (sulfide) groups is 2. The van der Waals surface area contributed by atoms with Gasteiger partial charge in [0.25, 0.3) is 0 Å². The zero-order valence-electron chi connectivity index (χ0n) is 53.1. The Labute approximate surface area is 549 Å². The molecule has 5 aromatic carbocycles. The van der Waals surface area contributed by atoms with Crippen LogP contribution < -0.4 is 18.9 Å². The number of unbranched alkanes of at least 4 members (excludes halogenated alkanes) is 5. The number of hydrogen-bond donors (Lipinski definition) is 2. The number of aliphatic hydroxyl groups excluding tert-OH is 2. The van der Waals surface area contributed by atoms with Crippen LogP contribution in [0.25, 0.3) is 0 Å². The second-order valence-corrected chi connectivity index (χ2v) is 25.9. The molecule has 5 rings (SSSR count). The van der Waals surface area contributed by atoms with Crippen molar-refractivity contribution < 1.29 is 59.1 Å². The molecule has 0 saturated carbocycles. The summed E-state index contributed by atoms with van der Waals surface area (Å²) in [6.07, 6.45) is 15.3. The van der Waals surface area contributed by atoms with Crippen molar-refractivity contribution in [2.45, 2.75) is 179 Å². The molecule has 0 saturated heterocycles. The van der Waals surface area contributed by atoms with Crippen LogP contribution in [0.15, 0.2) is 152 Å². The zero-order chi connectivity index (χ0) is 60.0. The predicted octanol–water partition coefficient (Wildman–Crippen LogP) is 13.1. The Morgan fingerprint density at radius 3 is 0.845 bits per heavy atom. The molecule has 0 aliphatic carbocycles. The maximum absolute atomic E-state index is 12.7. The van der Waals surface area contributed by atoms with Gasteiger partial charge in [-0.25, -0.2) is 0 Å². The van der Waals surface area contributed by atoms with Crippen LogP contribution in [0.1, 0.15) is 181 Å². The average Bonchev–Trinajstić information content (AvgIpc) is 3.35. The number of carbonyl (C=O) groups excluding carboxylic acids is 3. The van der Waals surface area contributed by atoms with Gasteiger partial charge in [-0.2, -0.15) is 23.5 Å². The molecule has 0 aromatic heterocycles. The van der Waals surface area contributed by atoms with Crippen LogP contribution in [0.3, 0.4) is 0 Å². The van der Waals surface area contributed by atoms with Crippen molar-refractivity contribution in [3.63, 3.8) is 0 Å². The van der Waals surface area contributed by atoms with Gasteiger partial charge in [0.15, 0.2) is 17.4 Å². The van der Waals surface area contributed by atoms with E-state index in [4.69, 9.17) is 14.2 Å². The molecule has 0 spiro atoms. The first-order valence-corrected chi connectivity index (χ1v) is 33.7. The summed E-state index contributed by atoms with van der Waals surface area (Å²) in [7, 11) is 0. The van der Waals surface area contributed by atoms with E-state index in [0.29, 0.717) is 19.8 Å². The second kappa shape index (κ2) is 44.2. The van der Waals surface area contributed by atoms with Gasteiger partial charge in [-0.1, -0.05) is 214 Å². The summed E-state index contributed by atoms with van der Waals surface area (Å²) in [4.78, 5) is 37.7. The van der Waals surface area contributed by atoms with E-state index >= 15 is 0 Å². The van der Waals surface area contributed by atoms with Gasteiger partial charge in [0, 0.05) is 16.2 Å². The summed E-state index contributed by atoms with van der Waals surface area (Å²) in [6.45, 7) is 17.5. The molecule has 0 aliphatic rings. The third-order valence-corrected chi connectivity index (χ3v) is 18.9. The van der Waals surface area contributed by atoms with Gasteiger partial charge in [-0.3, -0.25) is 14.4 Å². The standard InChI is InChI=1S/C30H42O4S.C26H38O2S.C15H21BrO2.Al.Li.4H/c1-5-33-27(31)29(3,25-17-9-7-10-18-25)21-13-15-23-35-24-16-14-22-30(4,28(32)34-6-2)26-19-11-8-12-20-26;1-25(21-27,23-13-5-3-6-14-23)17-9-11-19-29-20-12-10-18-26(2,22-28)24-15-7-4-8-16-24;1-3-18-14(17)15(2,11-7-8-12-16)13-9-5-4-6-10-13;;;;;;/h7-12,17-20H,5-6,13-16,21-24H2,1-4H3;3-8,13-16,27-28H,9-12,17-22H2,1-2H3;4-6,9-10H,3,7-8,11-12H2,1-2H3;;;;;;/q;;;;+1;;;;-1. The molecule has 5 aromatic rings. The molecule has 0 fully saturated rings. The van der Waals surface area contributed by atoms with E-state index < -0.39 is 16.2 Å². The molecule has 13 heteroatoms. The summed E-state index contributed by atoms with van der Waals surface area (Å²) in [5.74, 6) is 4.12. The van der Waals surface area contributed by atoms with Crippen molar-refractivity contribution in [1.82, 2.24) is 0 Å². The van der Waals surface area contributed by atoms with Gasteiger partial charge in [0.05, 0.1) is 49.3 Å². The molecule has 0 amide bonds. The van der Waals surface area contributed by atoms with Crippen LogP contribution in [-0.2, 0) is 55.7 Å². The number of carbonyl (C=O) groups is 3. The maximum Gasteiger partial charge on any atom is 1.00 e. The summed E-state index contributed by atoms with van der Waals surface area (Å²) < 4.78 is 16.0. The number of rotatable bonds is 37. The fourth-order valence-corrected chi connectivity index (χ4v) is 12.7. The van der Waals surface area contributed by atoms with Gasteiger partial charge < -0.3 is 25.9 Å². The molecule has 0 aliphatic heterocycles. The van der Waals surface area contributed by atoms with Crippen LogP contribution in [0, 0.1) is 0 Å². The minimum absolute atomic E-state index is 0. The average molecular weight is 1260 g/mol. The van der Waals surface area contributed by atoms with Crippen molar-refractivity contribution in [3.05, 3.63) is 179 Å². The van der Waals surface area contributed by atoms with Gasteiger partial charge in [0.1, 0.15) is 0 Å². The van der Waals surface area contributed by atoms with Gasteiger partial charge >= 0.3 is 36.8 Å². The quantitative estimate of drug-likeness (QED) is 0.0131. The smallest absolute Gasteiger partial charge is 1.00 e. The Bertz CT molecular complexity index is 2340. The molecule has 8 nitrogen and oxygen atoms in total. The molecule has 0 bridgehead atoms. The van der Waals surface area contributed by atoms with Crippen LogP contribution in [-0.4, -0.2) is 107 Å². The zero-order valence-corrected chi connectivity index (χ0v) is 55.4. The van der Waals surface area contributed by atoms with Crippen molar-refractivity contribution in [1.29, 1.82) is 0 Å². The number of ether oxygens (including phenoxy) is 3. The van der Waals surface area contributed by atoms with E-state index in [2.05, 4.69) is 78.3 Å². The fourth-order valence-electron chi connectivity index (χ4n) is 10.3. The summed E-state index contributed by atoms with van der Waals surface area (Å²) >= 11 is 7.41. The second-order valence-electron chi connectivity index (χ2n) is 22.6. The molecule has 0 radical (unpaired) electrons. The van der Waals surface area contributed by atoms with Crippen molar-refractivity contribution >= 4 is 74.7 Å². The van der Waals surface area contributed by atoms with Crippen LogP contribution in [0.5, 0.6) is 0 Å². The Balaban J connectivity index is 0.00000128. The first-order valence-electron chi connectivity index (χ1n) is 30.3. The Morgan fingerprint density at radius 2 is 0.619 bits per heavy atom. The van der Waals surface area contributed by atoms with E-state index in [9.17, 15) is 24.6 Å². The molecule has 2 N–H and O–H groups in total. The van der Waals surface area contributed by atoms with E-state index in [1.165, 1.54) is 35.5 Å². The normalized spacial score (nSPS) is 14.4. The Morgan fingerprint density at radius 1 is 0.393 bits per heavy atom. The number of alkyl halides is 1. The third-order valence-electron chi connectivity index (χ3n) is 16.1. The Kier molecular flexibility index (Phi) is 41.5. The number of hydrogen-bond acceptors (Lipinski definition) is 10. The monoisotopic (exact) mass is 1260 g/mol. The van der Waals surface area contributed by atoms with E-state index in [1.54, 1.807) is 0 Å². The summed E-state index contributed by atoms with van der Waals surface area (Å²) in [6, 6.07) is 50.6. The van der Waals surface area contributed by atoms with Crippen LogP contribution >= 0.6 is 39.5 Å². The number of benzene rings is 5. The molecule has 0 heterocycles. The molecule has 84 heavy (non-hydrogen) atoms. The number of halogens is 1. The number of aliphatic hydroxyl groups is 2. The molecule has 460 valence electrons. The Hall–Kier alpha value is -3.26. The van der Waals surface area contributed by atoms with E-state index in [-0.39, 0.29) is 79.6 Å². The summed E-state index contributed by atoms with van der Waals surface area (Å²) in [5, 5.41) is 20.7. The number of esters is 3. The van der Waals surface area contributed by atoms with Gasteiger partial charge in [-0.05, 0) is 157 Å². The molecular formula is C71H105AlBrLiO8S2. The minimum Gasteiger partial charge on any atom is -1.00 e. The maximum atomic E-state index is 12.7. The van der Waals surface area contributed by atoms with Crippen LogP contribution in [0.2, 0.25) is 0 Å². The third kappa shape index (κ3) is 26.6. The first-order chi connectivity index (χ1) is 39.6. The molecule has 5 unspecified atom stereocenters. The van der Waals surface area contributed by atoms with Crippen molar-refractivity contribution in [2.75, 3.05) is 61.4 Å². The van der Waals surface area contributed by atoms with Crippen molar-refractivity contribution in [3.8, 4) is 0 Å². The van der Waals surface area contributed by atoms with E-state index in [0.717, 1.165) is 117 Å². The molecule has 5 atom stereocenters. The minimum atomic E-state index is -0.600. The SMILES string of the molecule is CC(CO)(CCCCSCCCCC(C)(CO)c1ccccc1)c1ccccc1.CCOC(=O)C(C)(CCCCBr)c1ccccc1.CCOC(=O)C(C)(CCCCSCCCCC(C)(C(=O)OCC)c1ccccc1)c1ccccc1.[AlH3].[H-].[Li+]. The van der Waals surface area contributed by atoms with Gasteiger partial charge in [-0.15, -0.1) is 0 Å². The van der Waals surface area contributed by atoms with Crippen molar-refractivity contribution in [2.24, 2.45) is 0 Å². The fraction of sp³-hybridized carbons (Fsp3) is 0.535. The van der Waals surface area contributed by atoms with Gasteiger partial charge in [0.2, 0.25) is 0 Å².